The third-order valence-corrected chi connectivity index (χ3v) is 5.77. The first-order valence-corrected chi connectivity index (χ1v) is 8.78. The topological polar surface area (TPSA) is 72.9 Å². The molecule has 0 radical (unpaired) electrons. The molecule has 116 valence electrons. The molecule has 0 amide bonds. The third-order valence-electron chi connectivity index (χ3n) is 3.76. The Bertz CT molecular complexity index is 426. The zero-order valence-corrected chi connectivity index (χ0v) is 12.7. The number of hydrogen-bond donors (Lipinski definition) is 0. The number of esters is 1. The molecule has 7 heteroatoms. The molecular weight excluding hydrogens is 282 g/mol. The van der Waals surface area contributed by atoms with Gasteiger partial charge in [-0.3, -0.25) is 4.79 Å². The van der Waals surface area contributed by atoms with E-state index in [2.05, 4.69) is 4.74 Å². The van der Waals surface area contributed by atoms with Gasteiger partial charge in [-0.1, -0.05) is 0 Å². The first kappa shape index (κ1) is 15.7. The fraction of sp³-hybridized carbons (Fsp3) is 0.923. The van der Waals surface area contributed by atoms with Gasteiger partial charge in [0.15, 0.2) is 0 Å². The van der Waals surface area contributed by atoms with Gasteiger partial charge in [-0.2, -0.15) is 4.31 Å². The molecule has 2 rings (SSSR count). The maximum absolute atomic E-state index is 12.4. The van der Waals surface area contributed by atoms with Gasteiger partial charge in [-0.05, 0) is 31.6 Å². The van der Waals surface area contributed by atoms with Crippen LogP contribution in [0.25, 0.3) is 0 Å². The van der Waals surface area contributed by atoms with Gasteiger partial charge in [0, 0.05) is 19.7 Å². The summed E-state index contributed by atoms with van der Waals surface area (Å²) >= 11 is 0. The molecule has 0 aromatic carbocycles. The SMILES string of the molecule is COC(=O)CCN(CC1CCCO1)S(=O)(=O)CC1CC1. The van der Waals surface area contributed by atoms with Crippen LogP contribution in [0.2, 0.25) is 0 Å². The number of carbonyl (C=O) groups excluding carboxylic acids is 1. The second-order valence-electron chi connectivity index (χ2n) is 5.54. The second kappa shape index (κ2) is 6.87. The predicted molar refractivity (Wildman–Crippen MR) is 73.7 cm³/mol. The summed E-state index contributed by atoms with van der Waals surface area (Å²) in [6, 6.07) is 0. The minimum atomic E-state index is -3.30. The molecule has 1 saturated carbocycles. The highest BCUT2D eigenvalue weighted by atomic mass is 32.2. The summed E-state index contributed by atoms with van der Waals surface area (Å²) in [5, 5.41) is 0. The van der Waals surface area contributed by atoms with Crippen LogP contribution >= 0.6 is 0 Å². The predicted octanol–water partition coefficient (Wildman–Crippen LogP) is 0.770. The van der Waals surface area contributed by atoms with Crippen molar-refractivity contribution in [2.45, 2.75) is 38.2 Å². The smallest absolute Gasteiger partial charge is 0.306 e. The monoisotopic (exact) mass is 305 g/mol. The van der Waals surface area contributed by atoms with Gasteiger partial charge >= 0.3 is 5.97 Å². The van der Waals surface area contributed by atoms with Crippen molar-refractivity contribution < 1.29 is 22.7 Å². The molecular formula is C13H23NO5S. The Morgan fingerprint density at radius 1 is 1.35 bits per heavy atom. The van der Waals surface area contributed by atoms with E-state index < -0.39 is 10.0 Å². The van der Waals surface area contributed by atoms with Crippen LogP contribution in [0.1, 0.15) is 32.1 Å². The van der Waals surface area contributed by atoms with E-state index in [1.54, 1.807) is 0 Å². The van der Waals surface area contributed by atoms with E-state index >= 15 is 0 Å². The number of ether oxygens (including phenoxy) is 2. The van der Waals surface area contributed by atoms with Gasteiger partial charge in [-0.25, -0.2) is 8.42 Å². The van der Waals surface area contributed by atoms with Gasteiger partial charge in [0.05, 0.1) is 25.4 Å². The van der Waals surface area contributed by atoms with Crippen molar-refractivity contribution in [3.63, 3.8) is 0 Å². The first-order chi connectivity index (χ1) is 9.51. The van der Waals surface area contributed by atoms with Gasteiger partial charge in [-0.15, -0.1) is 0 Å². The molecule has 2 fully saturated rings. The van der Waals surface area contributed by atoms with Crippen LogP contribution in [0.5, 0.6) is 0 Å². The van der Waals surface area contributed by atoms with Crippen molar-refractivity contribution in [2.75, 3.05) is 32.6 Å². The highest BCUT2D eigenvalue weighted by molar-refractivity contribution is 7.89. The first-order valence-electron chi connectivity index (χ1n) is 7.17. The maximum atomic E-state index is 12.4. The summed E-state index contributed by atoms with van der Waals surface area (Å²) in [4.78, 5) is 11.2. The lowest BCUT2D eigenvalue weighted by molar-refractivity contribution is -0.140. The molecule has 1 saturated heterocycles. The van der Waals surface area contributed by atoms with E-state index in [1.165, 1.54) is 11.4 Å². The fourth-order valence-electron chi connectivity index (χ4n) is 2.37. The Hall–Kier alpha value is -0.660. The Labute approximate surface area is 120 Å². The van der Waals surface area contributed by atoms with Crippen LogP contribution in [0, 0.1) is 5.92 Å². The van der Waals surface area contributed by atoms with Crippen molar-refractivity contribution in [1.82, 2.24) is 4.31 Å². The summed E-state index contributed by atoms with van der Waals surface area (Å²) in [5.41, 5.74) is 0. The highest BCUT2D eigenvalue weighted by Crippen LogP contribution is 2.31. The zero-order valence-electron chi connectivity index (χ0n) is 11.9. The number of carbonyl (C=O) groups is 1. The Balaban J connectivity index is 1.95. The number of methoxy groups -OCH3 is 1. The van der Waals surface area contributed by atoms with E-state index in [0.717, 1.165) is 25.7 Å². The Kier molecular flexibility index (Phi) is 5.40. The molecule has 0 N–H and O–H groups in total. The van der Waals surface area contributed by atoms with Crippen LogP contribution in [-0.2, 0) is 24.3 Å². The molecule has 2 aliphatic rings. The maximum Gasteiger partial charge on any atom is 0.306 e. The molecule has 0 aromatic heterocycles. The number of rotatable bonds is 8. The molecule has 0 bridgehead atoms. The summed E-state index contributed by atoms with van der Waals surface area (Å²) in [6.45, 7) is 1.23. The zero-order chi connectivity index (χ0) is 14.6. The molecule has 1 unspecified atom stereocenters. The van der Waals surface area contributed by atoms with E-state index in [9.17, 15) is 13.2 Å². The van der Waals surface area contributed by atoms with Crippen LogP contribution in [0.15, 0.2) is 0 Å². The normalized spacial score (nSPS) is 23.2. The number of sulfonamides is 1. The van der Waals surface area contributed by atoms with Crippen molar-refractivity contribution in [3.8, 4) is 0 Å². The van der Waals surface area contributed by atoms with Crippen LogP contribution < -0.4 is 0 Å². The molecule has 6 nitrogen and oxygen atoms in total. The summed E-state index contributed by atoms with van der Waals surface area (Å²) < 4.78 is 36.3. The summed E-state index contributed by atoms with van der Waals surface area (Å²) in [5.74, 6) is 0.107. The van der Waals surface area contributed by atoms with Gasteiger partial charge in [0.2, 0.25) is 10.0 Å². The van der Waals surface area contributed by atoms with Gasteiger partial charge in [0.25, 0.3) is 0 Å². The lowest BCUT2D eigenvalue weighted by atomic mass is 10.2. The van der Waals surface area contributed by atoms with Gasteiger partial charge < -0.3 is 9.47 Å². The van der Waals surface area contributed by atoms with Crippen molar-refractivity contribution in [1.29, 1.82) is 0 Å². The second-order valence-corrected chi connectivity index (χ2v) is 7.55. The van der Waals surface area contributed by atoms with Crippen LogP contribution in [-0.4, -0.2) is 57.4 Å². The summed E-state index contributed by atoms with van der Waals surface area (Å²) in [6.07, 6.45) is 3.88. The lowest BCUT2D eigenvalue weighted by Crippen LogP contribution is -2.40. The fourth-order valence-corrected chi connectivity index (χ4v) is 4.27. The standard InChI is InChI=1S/C13H23NO5S/c1-18-13(15)6-7-14(9-12-3-2-8-19-12)20(16,17)10-11-4-5-11/h11-12H,2-10H2,1H3. The molecule has 1 aliphatic carbocycles. The minimum absolute atomic E-state index is 0.0402. The quantitative estimate of drug-likeness (QED) is 0.619. The Morgan fingerprint density at radius 3 is 2.65 bits per heavy atom. The van der Waals surface area contributed by atoms with E-state index in [0.29, 0.717) is 19.1 Å². The van der Waals surface area contributed by atoms with E-state index in [4.69, 9.17) is 4.74 Å². The average Bonchev–Trinajstić information content (AvgIpc) is 3.05. The molecule has 1 atom stereocenters. The molecule has 0 aromatic rings. The lowest BCUT2D eigenvalue weighted by Gasteiger charge is -2.24. The van der Waals surface area contributed by atoms with Crippen molar-refractivity contribution in [2.24, 2.45) is 5.92 Å². The van der Waals surface area contributed by atoms with E-state index in [1.807, 2.05) is 0 Å². The van der Waals surface area contributed by atoms with Crippen molar-refractivity contribution >= 4 is 16.0 Å². The molecule has 0 spiro atoms. The van der Waals surface area contributed by atoms with Crippen molar-refractivity contribution in [3.05, 3.63) is 0 Å². The third kappa shape index (κ3) is 4.71. The average molecular weight is 305 g/mol. The highest BCUT2D eigenvalue weighted by Gasteiger charge is 2.33. The summed E-state index contributed by atoms with van der Waals surface area (Å²) in [7, 11) is -1.99. The van der Waals surface area contributed by atoms with Crippen LogP contribution in [0.3, 0.4) is 0 Å². The molecule has 1 heterocycles. The molecule has 1 aliphatic heterocycles. The largest absolute Gasteiger partial charge is 0.469 e. The van der Waals surface area contributed by atoms with Crippen LogP contribution in [0.4, 0.5) is 0 Å². The van der Waals surface area contributed by atoms with Gasteiger partial charge in [0.1, 0.15) is 0 Å². The molecule has 20 heavy (non-hydrogen) atoms. The minimum Gasteiger partial charge on any atom is -0.469 e. The Morgan fingerprint density at radius 2 is 2.10 bits per heavy atom. The number of nitrogens with zero attached hydrogens (tertiary/aromatic N) is 1. The number of hydrogen-bond acceptors (Lipinski definition) is 5. The van der Waals surface area contributed by atoms with E-state index in [-0.39, 0.29) is 30.8 Å².